The van der Waals surface area contributed by atoms with Crippen molar-refractivity contribution in [2.24, 2.45) is 23.7 Å². The molecule has 4 atom stereocenters. The molecule has 3 aliphatic rings. The number of para-hydroxylation sites is 2. The minimum absolute atomic E-state index is 0.0849. The summed E-state index contributed by atoms with van der Waals surface area (Å²) in [7, 11) is 1.56. The summed E-state index contributed by atoms with van der Waals surface area (Å²) in [6.45, 7) is 0. The van der Waals surface area contributed by atoms with E-state index < -0.39 is 0 Å². The Morgan fingerprint density at radius 3 is 2.62 bits per heavy atom. The molecule has 1 saturated carbocycles. The molecule has 2 bridgehead atoms. The number of hydrogen-bond donors (Lipinski definition) is 1. The third kappa shape index (κ3) is 3.42. The van der Waals surface area contributed by atoms with E-state index in [1.165, 1.54) is 28.0 Å². The van der Waals surface area contributed by atoms with Gasteiger partial charge in [-0.1, -0.05) is 36.0 Å². The number of thioether (sulfide) groups is 1. The van der Waals surface area contributed by atoms with E-state index in [2.05, 4.69) is 22.5 Å². The molecule has 3 aromatic rings. The number of aromatic nitrogens is 1. The molecule has 1 N–H and O–H groups in total. The quantitative estimate of drug-likeness (QED) is 0.313. The number of nitrogens with zero attached hydrogens (tertiary/aromatic N) is 2. The molecule has 7 nitrogen and oxygen atoms in total. The van der Waals surface area contributed by atoms with Gasteiger partial charge < -0.3 is 10.1 Å². The zero-order chi connectivity index (χ0) is 23.4. The van der Waals surface area contributed by atoms with E-state index in [1.807, 2.05) is 24.3 Å². The van der Waals surface area contributed by atoms with Gasteiger partial charge in [0.25, 0.3) is 0 Å². The third-order valence-electron chi connectivity index (χ3n) is 6.79. The number of imide groups is 1. The summed E-state index contributed by atoms with van der Waals surface area (Å²) in [5.41, 5.74) is 2.01. The van der Waals surface area contributed by atoms with Gasteiger partial charge in [-0.3, -0.25) is 14.4 Å². The first-order chi connectivity index (χ1) is 16.5. The fraction of sp³-hybridized carbons (Fsp3) is 0.280. The molecule has 34 heavy (non-hydrogen) atoms. The van der Waals surface area contributed by atoms with Crippen LogP contribution in [0.25, 0.3) is 10.2 Å². The summed E-state index contributed by atoms with van der Waals surface area (Å²) in [6, 6.07) is 12.7. The number of allylic oxidation sites excluding steroid dienone is 2. The van der Waals surface area contributed by atoms with Crippen LogP contribution >= 0.6 is 23.1 Å². The molecule has 2 aromatic carbocycles. The molecule has 0 spiro atoms. The van der Waals surface area contributed by atoms with Crippen molar-refractivity contribution in [2.45, 2.75) is 10.8 Å². The molecule has 3 amide bonds. The molecule has 172 valence electrons. The van der Waals surface area contributed by atoms with Crippen LogP contribution in [-0.2, 0) is 14.4 Å². The fourth-order valence-electron chi connectivity index (χ4n) is 5.31. The SMILES string of the molecule is COc1ccccc1NC(=O)CSc1nc2ccc(N3C(=O)[C@@H]4[C@@H](C3=O)[C@H]3C=C[C@H]4C3)cc2s1. The van der Waals surface area contributed by atoms with Crippen molar-refractivity contribution in [3.05, 3.63) is 54.6 Å². The monoisotopic (exact) mass is 491 g/mol. The Morgan fingerprint density at radius 1 is 1.15 bits per heavy atom. The van der Waals surface area contributed by atoms with E-state index in [0.717, 1.165) is 21.0 Å². The predicted molar refractivity (Wildman–Crippen MR) is 132 cm³/mol. The minimum Gasteiger partial charge on any atom is -0.495 e. The van der Waals surface area contributed by atoms with E-state index in [4.69, 9.17) is 4.74 Å². The van der Waals surface area contributed by atoms with Gasteiger partial charge in [-0.15, -0.1) is 11.3 Å². The Morgan fingerprint density at radius 2 is 1.88 bits per heavy atom. The van der Waals surface area contributed by atoms with E-state index in [0.29, 0.717) is 17.1 Å². The van der Waals surface area contributed by atoms with Crippen LogP contribution in [0.15, 0.2) is 59.0 Å². The number of carbonyl (C=O) groups excluding carboxylic acids is 3. The summed E-state index contributed by atoms with van der Waals surface area (Å²) in [4.78, 5) is 44.6. The van der Waals surface area contributed by atoms with Crippen LogP contribution in [-0.4, -0.2) is 35.6 Å². The van der Waals surface area contributed by atoms with Crippen LogP contribution < -0.4 is 15.0 Å². The highest BCUT2D eigenvalue weighted by atomic mass is 32.2. The molecule has 2 heterocycles. The normalized spacial score (nSPS) is 24.8. The highest BCUT2D eigenvalue weighted by Crippen LogP contribution is 2.53. The van der Waals surface area contributed by atoms with Crippen LogP contribution in [0, 0.1) is 23.7 Å². The molecule has 1 aromatic heterocycles. The predicted octanol–water partition coefficient (Wildman–Crippen LogP) is 4.35. The van der Waals surface area contributed by atoms with Gasteiger partial charge in [-0.05, 0) is 48.6 Å². The average molecular weight is 492 g/mol. The van der Waals surface area contributed by atoms with Gasteiger partial charge in [0.15, 0.2) is 4.34 Å². The number of amides is 3. The molecule has 2 aliphatic carbocycles. The van der Waals surface area contributed by atoms with Crippen molar-refractivity contribution in [1.29, 1.82) is 0 Å². The molecule has 0 radical (unpaired) electrons. The maximum absolute atomic E-state index is 13.1. The summed E-state index contributed by atoms with van der Waals surface area (Å²) < 4.78 is 6.90. The zero-order valence-corrected chi connectivity index (χ0v) is 19.9. The average Bonchev–Trinajstić information content (AvgIpc) is 3.60. The maximum Gasteiger partial charge on any atom is 0.238 e. The molecular weight excluding hydrogens is 470 g/mol. The number of ether oxygens (including phenoxy) is 1. The highest BCUT2D eigenvalue weighted by Gasteiger charge is 2.59. The molecular formula is C25H21N3O4S2. The van der Waals surface area contributed by atoms with Crippen LogP contribution in [0.1, 0.15) is 6.42 Å². The number of fused-ring (bicyclic) bond motifs is 6. The first kappa shape index (κ1) is 21.4. The van der Waals surface area contributed by atoms with Gasteiger partial charge in [0.1, 0.15) is 5.75 Å². The lowest BCUT2D eigenvalue weighted by atomic mass is 9.85. The topological polar surface area (TPSA) is 88.6 Å². The number of carbonyl (C=O) groups is 3. The Labute approximate surface area is 204 Å². The van der Waals surface area contributed by atoms with Crippen molar-refractivity contribution in [3.63, 3.8) is 0 Å². The largest absolute Gasteiger partial charge is 0.495 e. The lowest BCUT2D eigenvalue weighted by molar-refractivity contribution is -0.123. The first-order valence-electron chi connectivity index (χ1n) is 11.1. The molecule has 0 unspecified atom stereocenters. The van der Waals surface area contributed by atoms with E-state index in [9.17, 15) is 14.4 Å². The Balaban J connectivity index is 1.16. The van der Waals surface area contributed by atoms with Gasteiger partial charge in [-0.2, -0.15) is 0 Å². The second kappa shape index (κ2) is 8.25. The van der Waals surface area contributed by atoms with Gasteiger partial charge in [0.05, 0.1) is 46.3 Å². The Kier molecular flexibility index (Phi) is 5.18. The minimum atomic E-state index is -0.215. The lowest BCUT2D eigenvalue weighted by Crippen LogP contribution is -2.32. The lowest BCUT2D eigenvalue weighted by Gasteiger charge is -2.17. The Hall–Kier alpha value is -3.17. The van der Waals surface area contributed by atoms with E-state index in [-0.39, 0.29) is 47.1 Å². The number of nitrogens with one attached hydrogen (secondary N) is 1. The number of anilines is 2. The molecule has 9 heteroatoms. The molecule has 2 fully saturated rings. The van der Waals surface area contributed by atoms with Crippen molar-refractivity contribution in [2.75, 3.05) is 23.1 Å². The van der Waals surface area contributed by atoms with Crippen molar-refractivity contribution >= 4 is 62.4 Å². The second-order valence-electron chi connectivity index (χ2n) is 8.68. The van der Waals surface area contributed by atoms with E-state index >= 15 is 0 Å². The number of hydrogen-bond acceptors (Lipinski definition) is 7. The van der Waals surface area contributed by atoms with Crippen LogP contribution in [0.5, 0.6) is 5.75 Å². The maximum atomic E-state index is 13.1. The van der Waals surface area contributed by atoms with Gasteiger partial charge in [0, 0.05) is 0 Å². The standard InChI is InChI=1S/C25H21N3O4S2/c1-32-18-5-3-2-4-16(18)26-20(29)12-33-25-27-17-9-8-15(11-19(17)34-25)28-23(30)21-13-6-7-14(10-13)22(21)24(28)31/h2-9,11,13-14,21-22H,10,12H2,1H3,(H,26,29)/t13-,14-,21-,22-/m0/s1. The Bertz CT molecular complexity index is 1340. The van der Waals surface area contributed by atoms with Gasteiger partial charge in [0.2, 0.25) is 17.7 Å². The number of rotatable bonds is 6. The van der Waals surface area contributed by atoms with Crippen molar-refractivity contribution < 1.29 is 19.1 Å². The van der Waals surface area contributed by atoms with Crippen LogP contribution in [0.3, 0.4) is 0 Å². The zero-order valence-electron chi connectivity index (χ0n) is 18.3. The smallest absolute Gasteiger partial charge is 0.238 e. The highest BCUT2D eigenvalue weighted by molar-refractivity contribution is 8.01. The van der Waals surface area contributed by atoms with Crippen LogP contribution in [0.2, 0.25) is 0 Å². The summed E-state index contributed by atoms with van der Waals surface area (Å²) in [5, 5.41) is 2.86. The van der Waals surface area contributed by atoms with Crippen LogP contribution in [0.4, 0.5) is 11.4 Å². The first-order valence-corrected chi connectivity index (χ1v) is 12.9. The molecule has 1 saturated heterocycles. The van der Waals surface area contributed by atoms with Gasteiger partial charge >= 0.3 is 0 Å². The fourth-order valence-corrected chi connectivity index (χ4v) is 7.21. The van der Waals surface area contributed by atoms with E-state index in [1.54, 1.807) is 25.3 Å². The molecule has 6 rings (SSSR count). The number of benzene rings is 2. The summed E-state index contributed by atoms with van der Waals surface area (Å²) >= 11 is 2.80. The summed E-state index contributed by atoms with van der Waals surface area (Å²) in [5.74, 6) is 0.427. The number of methoxy groups -OCH3 is 1. The van der Waals surface area contributed by atoms with Gasteiger partial charge in [-0.25, -0.2) is 9.88 Å². The second-order valence-corrected chi connectivity index (χ2v) is 10.9. The third-order valence-corrected chi connectivity index (χ3v) is 8.95. The van der Waals surface area contributed by atoms with Crippen molar-refractivity contribution in [3.8, 4) is 5.75 Å². The molecule has 1 aliphatic heterocycles. The number of thiazole rings is 1. The van der Waals surface area contributed by atoms with Crippen molar-refractivity contribution in [1.82, 2.24) is 4.98 Å². The summed E-state index contributed by atoms with van der Waals surface area (Å²) in [6.07, 6.45) is 5.11.